The van der Waals surface area contributed by atoms with Gasteiger partial charge in [0, 0.05) is 5.92 Å². The van der Waals surface area contributed by atoms with Gasteiger partial charge in [0.1, 0.15) is 12.2 Å². The summed E-state index contributed by atoms with van der Waals surface area (Å²) >= 11 is 0. The highest BCUT2D eigenvalue weighted by atomic mass is 16.6. The summed E-state index contributed by atoms with van der Waals surface area (Å²) in [6.45, 7) is -0.760. The maximum atomic E-state index is 12.4. The summed E-state index contributed by atoms with van der Waals surface area (Å²) < 4.78 is 10.0. The largest absolute Gasteiger partial charge is 0.504 e. The Morgan fingerprint density at radius 3 is 2.58 bits per heavy atom. The van der Waals surface area contributed by atoms with Crippen LogP contribution in [0.3, 0.4) is 0 Å². The molecule has 2 heterocycles. The topological polar surface area (TPSA) is 154 Å². The molecule has 9 heteroatoms. The van der Waals surface area contributed by atoms with Gasteiger partial charge in [0.2, 0.25) is 5.60 Å². The fraction of sp³-hybridized carbons (Fsp3) is 0.467. The van der Waals surface area contributed by atoms with Crippen molar-refractivity contribution in [2.45, 2.75) is 36.3 Å². The van der Waals surface area contributed by atoms with Gasteiger partial charge in [0.25, 0.3) is 0 Å². The summed E-state index contributed by atoms with van der Waals surface area (Å²) in [5.74, 6) is -3.65. The van der Waals surface area contributed by atoms with Crippen LogP contribution in [0.2, 0.25) is 0 Å². The molecule has 0 aliphatic carbocycles. The number of benzene rings is 1. The van der Waals surface area contributed by atoms with Crippen LogP contribution in [0, 0.1) is 0 Å². The van der Waals surface area contributed by atoms with Crippen molar-refractivity contribution in [1.29, 1.82) is 0 Å². The molecule has 1 aromatic carbocycles. The molecule has 5 atom stereocenters. The molecule has 5 N–H and O–H groups in total. The second-order valence-electron chi connectivity index (χ2n) is 5.84. The van der Waals surface area contributed by atoms with Crippen molar-refractivity contribution in [2.24, 2.45) is 0 Å². The van der Waals surface area contributed by atoms with E-state index in [2.05, 4.69) is 0 Å². The lowest BCUT2D eigenvalue weighted by atomic mass is 9.77. The van der Waals surface area contributed by atoms with Gasteiger partial charge in [0.15, 0.2) is 17.6 Å². The first-order valence-electron chi connectivity index (χ1n) is 7.23. The number of cyclic esters (lactones) is 1. The van der Waals surface area contributed by atoms with Crippen LogP contribution in [-0.4, -0.2) is 68.0 Å². The summed E-state index contributed by atoms with van der Waals surface area (Å²) in [6.07, 6.45) is -4.98. The standard InChI is InChI=1S/C15H16O9/c16-5-10(19)12-13(21)15(14(22)23-12)7(4-11(20)24-15)6-1-2-8(17)9(18)3-6/h1-3,7,10,12-13,16-19,21H,4-5H2/t7-,10+,12+,13+,15-/m1/s1. The number of hydrogen-bond donors (Lipinski definition) is 5. The van der Waals surface area contributed by atoms with Crippen LogP contribution in [0.5, 0.6) is 11.5 Å². The van der Waals surface area contributed by atoms with Gasteiger partial charge < -0.3 is 35.0 Å². The van der Waals surface area contributed by atoms with Crippen molar-refractivity contribution in [3.05, 3.63) is 23.8 Å². The van der Waals surface area contributed by atoms with Crippen molar-refractivity contribution in [3.63, 3.8) is 0 Å². The second kappa shape index (κ2) is 5.62. The highest BCUT2D eigenvalue weighted by molar-refractivity contribution is 5.91. The Labute approximate surface area is 135 Å². The number of phenolic OH excluding ortho intramolecular Hbond substituents is 2. The summed E-state index contributed by atoms with van der Waals surface area (Å²) in [7, 11) is 0. The molecular weight excluding hydrogens is 324 g/mol. The zero-order valence-electron chi connectivity index (χ0n) is 12.3. The Bertz CT molecular complexity index is 688. The average Bonchev–Trinajstić information content (AvgIpc) is 3.02. The van der Waals surface area contributed by atoms with E-state index in [1.54, 1.807) is 0 Å². The Morgan fingerprint density at radius 1 is 1.25 bits per heavy atom. The lowest BCUT2D eigenvalue weighted by Crippen LogP contribution is -2.52. The lowest BCUT2D eigenvalue weighted by Gasteiger charge is -2.29. The molecule has 2 aliphatic heterocycles. The van der Waals surface area contributed by atoms with E-state index < -0.39 is 54.1 Å². The number of rotatable bonds is 3. The molecule has 2 aliphatic rings. The molecule has 9 nitrogen and oxygen atoms in total. The predicted octanol–water partition coefficient (Wildman–Crippen LogP) is -1.49. The highest BCUT2D eigenvalue weighted by Gasteiger charge is 2.69. The third-order valence-electron chi connectivity index (χ3n) is 4.45. The number of carbonyl (C=O) groups is 2. The smallest absolute Gasteiger partial charge is 0.354 e. The van der Waals surface area contributed by atoms with E-state index in [4.69, 9.17) is 14.6 Å². The molecule has 2 fully saturated rings. The SMILES string of the molecule is O=C1C[C@H](c2ccc(O)c(O)c2)[C@]2(O1)C(=O)O[C@@H]([C@@H](O)CO)[C@@H]2O. The number of carbonyl (C=O) groups excluding carboxylic acids is 2. The van der Waals surface area contributed by atoms with Crippen LogP contribution in [0.25, 0.3) is 0 Å². The maximum Gasteiger partial charge on any atom is 0.354 e. The van der Waals surface area contributed by atoms with Crippen LogP contribution >= 0.6 is 0 Å². The van der Waals surface area contributed by atoms with Crippen LogP contribution in [-0.2, 0) is 19.1 Å². The first-order chi connectivity index (χ1) is 11.3. The quantitative estimate of drug-likeness (QED) is 0.327. The van der Waals surface area contributed by atoms with E-state index in [1.165, 1.54) is 12.1 Å². The van der Waals surface area contributed by atoms with Crippen molar-refractivity contribution in [2.75, 3.05) is 6.61 Å². The number of aliphatic hydroxyl groups is 3. The molecule has 2 saturated heterocycles. The second-order valence-corrected chi connectivity index (χ2v) is 5.84. The van der Waals surface area contributed by atoms with Gasteiger partial charge in [-0.25, -0.2) is 4.79 Å². The van der Waals surface area contributed by atoms with Crippen LogP contribution < -0.4 is 0 Å². The number of aliphatic hydroxyl groups excluding tert-OH is 3. The first-order valence-corrected chi connectivity index (χ1v) is 7.23. The Morgan fingerprint density at radius 2 is 1.96 bits per heavy atom. The zero-order chi connectivity index (χ0) is 17.6. The minimum Gasteiger partial charge on any atom is -0.504 e. The molecule has 0 saturated carbocycles. The van der Waals surface area contributed by atoms with Gasteiger partial charge in [-0.05, 0) is 17.7 Å². The van der Waals surface area contributed by atoms with Crippen molar-refractivity contribution in [1.82, 2.24) is 0 Å². The van der Waals surface area contributed by atoms with Crippen molar-refractivity contribution < 1.29 is 44.6 Å². The third kappa shape index (κ3) is 2.20. The van der Waals surface area contributed by atoms with E-state index in [9.17, 15) is 30.0 Å². The van der Waals surface area contributed by atoms with Gasteiger partial charge in [-0.15, -0.1) is 0 Å². The number of hydrogen-bond acceptors (Lipinski definition) is 9. The van der Waals surface area contributed by atoms with Gasteiger partial charge >= 0.3 is 11.9 Å². The van der Waals surface area contributed by atoms with E-state index >= 15 is 0 Å². The number of ether oxygens (including phenoxy) is 2. The fourth-order valence-electron chi connectivity index (χ4n) is 3.23. The van der Waals surface area contributed by atoms with Crippen LogP contribution in [0.1, 0.15) is 17.9 Å². The fourth-order valence-corrected chi connectivity index (χ4v) is 3.23. The van der Waals surface area contributed by atoms with Crippen LogP contribution in [0.15, 0.2) is 18.2 Å². The monoisotopic (exact) mass is 340 g/mol. The van der Waals surface area contributed by atoms with Crippen molar-refractivity contribution in [3.8, 4) is 11.5 Å². The maximum absolute atomic E-state index is 12.4. The summed E-state index contributed by atoms with van der Waals surface area (Å²) in [6, 6.07) is 3.70. The molecule has 0 radical (unpaired) electrons. The minimum absolute atomic E-state index is 0.266. The minimum atomic E-state index is -2.08. The zero-order valence-corrected chi connectivity index (χ0v) is 12.3. The summed E-state index contributed by atoms with van der Waals surface area (Å²) in [5, 5.41) is 48.2. The number of aromatic hydroxyl groups is 2. The normalized spacial score (nSPS) is 33.5. The number of phenols is 2. The Kier molecular flexibility index (Phi) is 3.86. The van der Waals surface area contributed by atoms with Gasteiger partial charge in [-0.1, -0.05) is 6.07 Å². The molecule has 130 valence electrons. The molecule has 0 amide bonds. The lowest BCUT2D eigenvalue weighted by molar-refractivity contribution is -0.169. The van der Waals surface area contributed by atoms with Crippen LogP contribution in [0.4, 0.5) is 0 Å². The molecule has 0 bridgehead atoms. The van der Waals surface area contributed by atoms with Gasteiger partial charge in [0.05, 0.1) is 13.0 Å². The first kappa shape index (κ1) is 16.5. The molecule has 24 heavy (non-hydrogen) atoms. The molecule has 1 spiro atoms. The average molecular weight is 340 g/mol. The summed E-state index contributed by atoms with van der Waals surface area (Å²) in [5.41, 5.74) is -1.81. The highest BCUT2D eigenvalue weighted by Crippen LogP contribution is 2.49. The van der Waals surface area contributed by atoms with E-state index in [0.29, 0.717) is 0 Å². The van der Waals surface area contributed by atoms with E-state index in [1.807, 2.05) is 0 Å². The summed E-state index contributed by atoms with van der Waals surface area (Å²) in [4.78, 5) is 24.2. The molecular formula is C15H16O9. The molecule has 1 aromatic rings. The van der Waals surface area contributed by atoms with E-state index in [0.717, 1.165) is 6.07 Å². The van der Waals surface area contributed by atoms with E-state index in [-0.39, 0.29) is 17.7 Å². The van der Waals surface area contributed by atoms with Gasteiger partial charge in [-0.2, -0.15) is 0 Å². The number of esters is 2. The third-order valence-corrected chi connectivity index (χ3v) is 4.45. The Balaban J connectivity index is 2.05. The molecule has 0 unspecified atom stereocenters. The van der Waals surface area contributed by atoms with Crippen molar-refractivity contribution >= 4 is 11.9 Å². The Hall–Kier alpha value is -2.36. The van der Waals surface area contributed by atoms with Gasteiger partial charge in [-0.3, -0.25) is 4.79 Å². The predicted molar refractivity (Wildman–Crippen MR) is 74.9 cm³/mol. The molecule has 0 aromatic heterocycles. The molecule has 3 rings (SSSR count).